The lowest BCUT2D eigenvalue weighted by Crippen LogP contribution is -2.16. The number of halogens is 1. The number of hydrogen-bond donors (Lipinski definition) is 1. The van der Waals surface area contributed by atoms with Gasteiger partial charge in [-0.1, -0.05) is 0 Å². The van der Waals surface area contributed by atoms with Gasteiger partial charge in [0.25, 0.3) is 0 Å². The van der Waals surface area contributed by atoms with E-state index in [0.717, 1.165) is 0 Å². The molecule has 0 aromatic heterocycles. The number of hydrogen-bond acceptors (Lipinski definition) is 4. The lowest BCUT2D eigenvalue weighted by Gasteiger charge is -2.18. The van der Waals surface area contributed by atoms with Gasteiger partial charge in [-0.3, -0.25) is 9.59 Å². The maximum atomic E-state index is 12.8. The van der Waals surface area contributed by atoms with Crippen LogP contribution in [0.2, 0.25) is 0 Å². The molecule has 1 heterocycles. The van der Waals surface area contributed by atoms with Gasteiger partial charge in [-0.15, -0.1) is 0 Å². The first-order chi connectivity index (χ1) is 11.6. The van der Waals surface area contributed by atoms with Gasteiger partial charge >= 0.3 is 0 Å². The Morgan fingerprint density at radius 1 is 0.958 bits per heavy atom. The molecule has 2 aromatic rings. The Morgan fingerprint density at radius 3 is 2.42 bits per heavy atom. The average molecular weight is 329 g/mol. The number of nitrogens with one attached hydrogen (secondary N) is 1. The quantitative estimate of drug-likeness (QED) is 0.856. The van der Waals surface area contributed by atoms with Gasteiger partial charge in [0, 0.05) is 24.1 Å². The molecular weight excluding hydrogens is 313 g/mol. The van der Waals surface area contributed by atoms with Crippen LogP contribution in [0.5, 0.6) is 11.5 Å². The summed E-state index contributed by atoms with van der Waals surface area (Å²) in [6.45, 7) is 0.939. The third kappa shape index (κ3) is 3.90. The number of carbonyl (C=O) groups excluding carboxylic acids is 2. The molecule has 0 unspecified atom stereocenters. The average Bonchev–Trinajstić information content (AvgIpc) is 2.61. The van der Waals surface area contributed by atoms with Crippen molar-refractivity contribution in [1.82, 2.24) is 0 Å². The molecule has 24 heavy (non-hydrogen) atoms. The number of anilines is 1. The summed E-state index contributed by atoms with van der Waals surface area (Å²) in [5, 5.41) is 2.62. The van der Waals surface area contributed by atoms with Crippen LogP contribution in [0.4, 0.5) is 10.1 Å². The van der Waals surface area contributed by atoms with Crippen LogP contribution in [0.1, 0.15) is 23.2 Å². The van der Waals surface area contributed by atoms with Gasteiger partial charge in [0.1, 0.15) is 19.0 Å². The molecule has 0 aliphatic carbocycles. The second kappa shape index (κ2) is 7.12. The zero-order chi connectivity index (χ0) is 16.9. The van der Waals surface area contributed by atoms with Crippen LogP contribution in [0.15, 0.2) is 42.5 Å². The minimum Gasteiger partial charge on any atom is -0.486 e. The molecule has 0 fully saturated rings. The predicted molar refractivity (Wildman–Crippen MR) is 86.0 cm³/mol. The molecule has 2 aromatic carbocycles. The van der Waals surface area contributed by atoms with Gasteiger partial charge in [-0.2, -0.15) is 0 Å². The normalized spacial score (nSPS) is 12.5. The number of rotatable bonds is 5. The first-order valence-corrected chi connectivity index (χ1v) is 7.60. The summed E-state index contributed by atoms with van der Waals surface area (Å²) >= 11 is 0. The maximum absolute atomic E-state index is 12.8. The Kier molecular flexibility index (Phi) is 4.74. The van der Waals surface area contributed by atoms with E-state index in [0.29, 0.717) is 36.0 Å². The molecular formula is C18H16FNO4. The Bertz CT molecular complexity index is 758. The fraction of sp³-hybridized carbons (Fsp3) is 0.222. The summed E-state index contributed by atoms with van der Waals surface area (Å²) in [6.07, 6.45) is 0.122. The highest BCUT2D eigenvalue weighted by atomic mass is 19.1. The fourth-order valence-corrected chi connectivity index (χ4v) is 2.34. The van der Waals surface area contributed by atoms with Crippen molar-refractivity contribution in [2.45, 2.75) is 12.8 Å². The van der Waals surface area contributed by atoms with Crippen LogP contribution in [0.25, 0.3) is 0 Å². The highest BCUT2D eigenvalue weighted by Gasteiger charge is 2.15. The van der Waals surface area contributed by atoms with E-state index in [4.69, 9.17) is 9.47 Å². The molecule has 3 rings (SSSR count). The molecule has 0 bridgehead atoms. The third-order valence-electron chi connectivity index (χ3n) is 3.57. The number of carbonyl (C=O) groups is 2. The highest BCUT2D eigenvalue weighted by molar-refractivity contribution is 6.00. The molecule has 1 aliphatic heterocycles. The van der Waals surface area contributed by atoms with Crippen molar-refractivity contribution in [2.24, 2.45) is 0 Å². The standard InChI is InChI=1S/C18H16FNO4/c19-13-2-4-14(5-3-13)20-18(22)8-6-15(21)12-1-7-16-17(11-12)24-10-9-23-16/h1-5,7,11H,6,8-10H2,(H,20,22). The van der Waals surface area contributed by atoms with Crippen molar-refractivity contribution >= 4 is 17.4 Å². The summed E-state index contributed by atoms with van der Waals surface area (Å²) in [4.78, 5) is 24.1. The summed E-state index contributed by atoms with van der Waals surface area (Å²) in [6, 6.07) is 10.4. The van der Waals surface area contributed by atoms with Crippen molar-refractivity contribution in [3.63, 3.8) is 0 Å². The summed E-state index contributed by atoms with van der Waals surface area (Å²) in [7, 11) is 0. The van der Waals surface area contributed by atoms with E-state index < -0.39 is 0 Å². The Morgan fingerprint density at radius 2 is 1.67 bits per heavy atom. The second-order valence-electron chi connectivity index (χ2n) is 5.34. The van der Waals surface area contributed by atoms with E-state index in [1.807, 2.05) is 0 Å². The Hall–Kier alpha value is -2.89. The topological polar surface area (TPSA) is 64.6 Å². The molecule has 1 amide bonds. The van der Waals surface area contributed by atoms with Gasteiger partial charge in [0.05, 0.1) is 0 Å². The fourth-order valence-electron chi connectivity index (χ4n) is 2.34. The van der Waals surface area contributed by atoms with Gasteiger partial charge in [0.2, 0.25) is 5.91 Å². The van der Waals surface area contributed by atoms with Crippen LogP contribution in [0, 0.1) is 5.82 Å². The number of Topliss-reactive ketones (excluding diaryl/α,β-unsaturated/α-hetero) is 1. The molecule has 0 spiro atoms. The van der Waals surface area contributed by atoms with Crippen LogP contribution >= 0.6 is 0 Å². The lowest BCUT2D eigenvalue weighted by atomic mass is 10.1. The van der Waals surface area contributed by atoms with Gasteiger partial charge in [0.15, 0.2) is 17.3 Å². The number of ether oxygens (including phenoxy) is 2. The zero-order valence-corrected chi connectivity index (χ0v) is 12.9. The van der Waals surface area contributed by atoms with Crippen LogP contribution in [-0.4, -0.2) is 24.9 Å². The van der Waals surface area contributed by atoms with Crippen molar-refractivity contribution in [3.8, 4) is 11.5 Å². The minimum absolute atomic E-state index is 0.0463. The summed E-state index contributed by atoms with van der Waals surface area (Å²) in [5.74, 6) is 0.338. The monoisotopic (exact) mass is 329 g/mol. The Labute approximate surface area is 138 Å². The van der Waals surface area contributed by atoms with Crippen LogP contribution < -0.4 is 14.8 Å². The number of fused-ring (bicyclic) bond motifs is 1. The largest absolute Gasteiger partial charge is 0.486 e. The van der Waals surface area contributed by atoms with Crippen molar-refractivity contribution < 1.29 is 23.5 Å². The van der Waals surface area contributed by atoms with Crippen LogP contribution in [0.3, 0.4) is 0 Å². The first-order valence-electron chi connectivity index (χ1n) is 7.60. The molecule has 1 aliphatic rings. The van der Waals surface area contributed by atoms with Crippen LogP contribution in [-0.2, 0) is 4.79 Å². The lowest BCUT2D eigenvalue weighted by molar-refractivity contribution is -0.116. The molecule has 0 saturated carbocycles. The molecule has 6 heteroatoms. The molecule has 0 saturated heterocycles. The van der Waals surface area contributed by atoms with E-state index in [9.17, 15) is 14.0 Å². The number of amides is 1. The molecule has 0 atom stereocenters. The van der Waals surface area contributed by atoms with E-state index in [1.165, 1.54) is 24.3 Å². The van der Waals surface area contributed by atoms with Gasteiger partial charge in [-0.25, -0.2) is 4.39 Å². The molecule has 5 nitrogen and oxygen atoms in total. The number of ketones is 1. The highest BCUT2D eigenvalue weighted by Crippen LogP contribution is 2.31. The minimum atomic E-state index is -0.373. The van der Waals surface area contributed by atoms with Crippen molar-refractivity contribution in [2.75, 3.05) is 18.5 Å². The van der Waals surface area contributed by atoms with E-state index >= 15 is 0 Å². The zero-order valence-electron chi connectivity index (χ0n) is 12.9. The smallest absolute Gasteiger partial charge is 0.224 e. The molecule has 1 N–H and O–H groups in total. The maximum Gasteiger partial charge on any atom is 0.224 e. The van der Waals surface area contributed by atoms with Gasteiger partial charge in [-0.05, 0) is 42.5 Å². The van der Waals surface area contributed by atoms with Crippen molar-refractivity contribution in [1.29, 1.82) is 0 Å². The summed E-state index contributed by atoms with van der Waals surface area (Å²) in [5.41, 5.74) is 0.974. The Balaban J connectivity index is 1.55. The molecule has 124 valence electrons. The van der Waals surface area contributed by atoms with Gasteiger partial charge < -0.3 is 14.8 Å². The van der Waals surface area contributed by atoms with Crippen molar-refractivity contribution in [3.05, 3.63) is 53.8 Å². The second-order valence-corrected chi connectivity index (χ2v) is 5.34. The van der Waals surface area contributed by atoms with E-state index in [-0.39, 0.29) is 30.3 Å². The van der Waals surface area contributed by atoms with E-state index in [2.05, 4.69) is 5.32 Å². The van der Waals surface area contributed by atoms with E-state index in [1.54, 1.807) is 18.2 Å². The number of benzene rings is 2. The third-order valence-corrected chi connectivity index (χ3v) is 3.57. The summed E-state index contributed by atoms with van der Waals surface area (Å²) < 4.78 is 23.7. The molecule has 0 radical (unpaired) electrons. The SMILES string of the molecule is O=C(CCC(=O)c1ccc2c(c1)OCCO2)Nc1ccc(F)cc1. The predicted octanol–water partition coefficient (Wildman–Crippen LogP) is 3.20. The first kappa shape index (κ1) is 16.0.